The first kappa shape index (κ1) is 8.53. The molecule has 1 rings (SSSR count). The number of aliphatic imine (C=N–C) groups is 1. The second kappa shape index (κ2) is 3.72. The van der Waals surface area contributed by atoms with Crippen molar-refractivity contribution in [1.29, 1.82) is 0 Å². The van der Waals surface area contributed by atoms with Gasteiger partial charge in [-0.25, -0.2) is 5.84 Å². The second-order valence-corrected chi connectivity index (χ2v) is 3.01. The third kappa shape index (κ3) is 1.93. The minimum absolute atomic E-state index is 0.630. The Labute approximate surface area is 68.0 Å². The van der Waals surface area contributed by atoms with E-state index < -0.39 is 0 Å². The summed E-state index contributed by atoms with van der Waals surface area (Å²) in [4.78, 5) is 4.28. The Morgan fingerprint density at radius 3 is 2.73 bits per heavy atom. The summed E-state index contributed by atoms with van der Waals surface area (Å²) in [6, 6.07) is 0. The maximum Gasteiger partial charge on any atom is 0.114 e. The van der Waals surface area contributed by atoms with Gasteiger partial charge in [0, 0.05) is 12.5 Å². The fourth-order valence-electron chi connectivity index (χ4n) is 1.47. The summed E-state index contributed by atoms with van der Waals surface area (Å²) >= 11 is 0. The average Bonchev–Trinajstić information content (AvgIpc) is 2.79. The smallest absolute Gasteiger partial charge is 0.114 e. The van der Waals surface area contributed by atoms with Crippen LogP contribution in [0.25, 0.3) is 0 Å². The Hall–Kier alpha value is -0.570. The molecule has 0 aromatic rings. The molecule has 3 heteroatoms. The summed E-state index contributed by atoms with van der Waals surface area (Å²) in [5, 5.41) is 0. The van der Waals surface area contributed by atoms with Crippen LogP contribution in [0.4, 0.5) is 0 Å². The van der Waals surface area contributed by atoms with Gasteiger partial charge in [0.15, 0.2) is 0 Å². The summed E-state index contributed by atoms with van der Waals surface area (Å²) in [6.07, 6.45) is 2.51. The molecule has 0 spiro atoms. The highest BCUT2D eigenvalue weighted by Crippen LogP contribution is 2.41. The van der Waals surface area contributed by atoms with Gasteiger partial charge in [-0.3, -0.25) is 4.99 Å². The van der Waals surface area contributed by atoms with E-state index in [9.17, 15) is 0 Å². The number of rotatable bonds is 3. The Morgan fingerprint density at radius 1 is 1.64 bits per heavy atom. The molecule has 0 heterocycles. The minimum atomic E-state index is 0.630. The Balaban J connectivity index is 2.39. The van der Waals surface area contributed by atoms with Crippen molar-refractivity contribution in [2.75, 3.05) is 6.54 Å². The molecule has 0 unspecified atom stereocenters. The number of nitrogens with zero attached hydrogens (tertiary/aromatic N) is 1. The number of hydrazine groups is 1. The van der Waals surface area contributed by atoms with Gasteiger partial charge in [-0.15, -0.1) is 0 Å². The Morgan fingerprint density at radius 2 is 2.36 bits per heavy atom. The van der Waals surface area contributed by atoms with Gasteiger partial charge in [0.05, 0.1) is 0 Å². The van der Waals surface area contributed by atoms with Crippen LogP contribution in [0.15, 0.2) is 4.99 Å². The first-order chi connectivity index (χ1) is 5.33. The van der Waals surface area contributed by atoms with Gasteiger partial charge in [0.25, 0.3) is 0 Å². The van der Waals surface area contributed by atoms with Crippen LogP contribution in [0.2, 0.25) is 0 Å². The minimum Gasteiger partial charge on any atom is -0.312 e. The first-order valence-electron chi connectivity index (χ1n) is 4.34. The number of nitrogens with one attached hydrogen (secondary N) is 1. The second-order valence-electron chi connectivity index (χ2n) is 3.01. The topological polar surface area (TPSA) is 50.4 Å². The van der Waals surface area contributed by atoms with Crippen molar-refractivity contribution in [2.45, 2.75) is 26.7 Å². The van der Waals surface area contributed by atoms with Crippen LogP contribution in [0.1, 0.15) is 26.7 Å². The van der Waals surface area contributed by atoms with Crippen molar-refractivity contribution in [3.63, 3.8) is 0 Å². The molecule has 0 aliphatic heterocycles. The van der Waals surface area contributed by atoms with Crippen LogP contribution in [0.3, 0.4) is 0 Å². The molecule has 64 valence electrons. The SMILES string of the molecule is CCN=C(NN)[C@@H]1C[C@H]1CC. The largest absolute Gasteiger partial charge is 0.312 e. The molecule has 3 nitrogen and oxygen atoms in total. The van der Waals surface area contributed by atoms with E-state index in [2.05, 4.69) is 17.3 Å². The maximum atomic E-state index is 5.34. The maximum absolute atomic E-state index is 5.34. The Bertz CT molecular complexity index is 153. The molecule has 11 heavy (non-hydrogen) atoms. The predicted molar refractivity (Wildman–Crippen MR) is 47.2 cm³/mol. The zero-order chi connectivity index (χ0) is 8.27. The molecule has 0 amide bonds. The highest BCUT2D eigenvalue weighted by Gasteiger charge is 2.39. The zero-order valence-corrected chi connectivity index (χ0v) is 7.30. The summed E-state index contributed by atoms with van der Waals surface area (Å²) in [7, 11) is 0. The summed E-state index contributed by atoms with van der Waals surface area (Å²) in [6.45, 7) is 5.07. The molecule has 1 aliphatic carbocycles. The highest BCUT2D eigenvalue weighted by atomic mass is 15.3. The molecule has 1 fully saturated rings. The van der Waals surface area contributed by atoms with E-state index >= 15 is 0 Å². The van der Waals surface area contributed by atoms with E-state index in [1.807, 2.05) is 6.92 Å². The summed E-state index contributed by atoms with van der Waals surface area (Å²) in [5.74, 6) is 7.79. The number of hydrogen-bond acceptors (Lipinski definition) is 2. The van der Waals surface area contributed by atoms with Gasteiger partial charge < -0.3 is 5.43 Å². The van der Waals surface area contributed by atoms with Crippen molar-refractivity contribution >= 4 is 5.84 Å². The van der Waals surface area contributed by atoms with Crippen LogP contribution in [0.5, 0.6) is 0 Å². The molecule has 1 saturated carbocycles. The lowest BCUT2D eigenvalue weighted by molar-refractivity contribution is 0.752. The molecule has 2 atom stereocenters. The highest BCUT2D eigenvalue weighted by molar-refractivity contribution is 5.86. The summed E-state index contributed by atoms with van der Waals surface area (Å²) in [5.41, 5.74) is 2.68. The lowest BCUT2D eigenvalue weighted by Crippen LogP contribution is -2.32. The van der Waals surface area contributed by atoms with Crippen LogP contribution in [-0.4, -0.2) is 12.4 Å². The molecule has 0 aromatic carbocycles. The molecule has 0 saturated heterocycles. The van der Waals surface area contributed by atoms with Gasteiger partial charge in [-0.05, 0) is 19.3 Å². The summed E-state index contributed by atoms with van der Waals surface area (Å²) < 4.78 is 0. The molecule has 3 N–H and O–H groups in total. The van der Waals surface area contributed by atoms with Crippen molar-refractivity contribution in [3.05, 3.63) is 0 Å². The average molecular weight is 155 g/mol. The molecular formula is C8H17N3. The van der Waals surface area contributed by atoms with Crippen molar-refractivity contribution in [2.24, 2.45) is 22.7 Å². The van der Waals surface area contributed by atoms with E-state index in [1.165, 1.54) is 12.8 Å². The van der Waals surface area contributed by atoms with Gasteiger partial charge in [0.1, 0.15) is 5.84 Å². The number of nitrogens with two attached hydrogens (primary N) is 1. The normalized spacial score (nSPS) is 30.3. The van der Waals surface area contributed by atoms with Crippen molar-refractivity contribution in [3.8, 4) is 0 Å². The van der Waals surface area contributed by atoms with E-state index in [1.54, 1.807) is 0 Å². The number of amidine groups is 1. The Kier molecular flexibility index (Phi) is 2.88. The third-order valence-corrected chi connectivity index (χ3v) is 2.27. The third-order valence-electron chi connectivity index (χ3n) is 2.27. The van der Waals surface area contributed by atoms with Gasteiger partial charge in [0.2, 0.25) is 0 Å². The number of hydrogen-bond donors (Lipinski definition) is 2. The molecular weight excluding hydrogens is 138 g/mol. The monoisotopic (exact) mass is 155 g/mol. The van der Waals surface area contributed by atoms with E-state index in [0.29, 0.717) is 5.92 Å². The lowest BCUT2D eigenvalue weighted by atomic mass is 10.2. The first-order valence-corrected chi connectivity index (χ1v) is 4.34. The molecule has 0 bridgehead atoms. The fourth-order valence-corrected chi connectivity index (χ4v) is 1.47. The van der Waals surface area contributed by atoms with Crippen LogP contribution in [0, 0.1) is 11.8 Å². The van der Waals surface area contributed by atoms with Gasteiger partial charge in [-0.1, -0.05) is 13.3 Å². The molecule has 0 aromatic heterocycles. The van der Waals surface area contributed by atoms with Gasteiger partial charge >= 0.3 is 0 Å². The van der Waals surface area contributed by atoms with E-state index in [-0.39, 0.29) is 0 Å². The van der Waals surface area contributed by atoms with Crippen LogP contribution in [-0.2, 0) is 0 Å². The lowest BCUT2D eigenvalue weighted by Gasteiger charge is -2.02. The molecule has 1 aliphatic rings. The standard InChI is InChI=1S/C8H17N3/c1-3-6-5-7(6)8(11-9)10-4-2/h6-7H,3-5,9H2,1-2H3,(H,10,11)/t6-,7-/m1/s1. The van der Waals surface area contributed by atoms with Crippen molar-refractivity contribution in [1.82, 2.24) is 5.43 Å². The van der Waals surface area contributed by atoms with Crippen molar-refractivity contribution < 1.29 is 0 Å². The predicted octanol–water partition coefficient (Wildman–Crippen LogP) is 0.914. The molecule has 0 radical (unpaired) electrons. The van der Waals surface area contributed by atoms with E-state index in [4.69, 9.17) is 5.84 Å². The fraction of sp³-hybridized carbons (Fsp3) is 0.875. The van der Waals surface area contributed by atoms with Crippen LogP contribution < -0.4 is 11.3 Å². The van der Waals surface area contributed by atoms with Crippen LogP contribution >= 0.6 is 0 Å². The zero-order valence-electron chi connectivity index (χ0n) is 7.30. The quantitative estimate of drug-likeness (QED) is 0.275. The van der Waals surface area contributed by atoms with Gasteiger partial charge in [-0.2, -0.15) is 0 Å². The van der Waals surface area contributed by atoms with E-state index in [0.717, 1.165) is 18.3 Å².